The average molecular weight is 323 g/mol. The van der Waals surface area contributed by atoms with Crippen LogP contribution in [-0.2, 0) is 7.05 Å². The highest BCUT2D eigenvalue weighted by molar-refractivity contribution is 6.10. The Labute approximate surface area is 142 Å². The number of benzene rings is 1. The van der Waals surface area contributed by atoms with Gasteiger partial charge in [0.25, 0.3) is 5.91 Å². The predicted octanol–water partition coefficient (Wildman–Crippen LogP) is 4.34. The van der Waals surface area contributed by atoms with E-state index < -0.39 is 0 Å². The van der Waals surface area contributed by atoms with Crippen molar-refractivity contribution >= 4 is 27.8 Å². The molecule has 0 atom stereocenters. The first-order valence-corrected chi connectivity index (χ1v) is 8.97. The van der Waals surface area contributed by atoms with Gasteiger partial charge in [-0.3, -0.25) is 4.79 Å². The van der Waals surface area contributed by atoms with Crippen LogP contribution in [0.15, 0.2) is 30.3 Å². The number of para-hydroxylation sites is 1. The summed E-state index contributed by atoms with van der Waals surface area (Å²) in [5.74, 6) is 0.184. The number of fused-ring (bicyclic) bond motifs is 3. The number of nitrogens with zero attached hydrogens (tertiary/aromatic N) is 3. The minimum Gasteiger partial charge on any atom is -0.342 e. The number of aryl methyl sites for hydroxylation is 1. The number of aromatic nitrogens is 2. The van der Waals surface area contributed by atoms with Crippen LogP contribution in [0.3, 0.4) is 0 Å². The smallest absolute Gasteiger partial charge is 0.270 e. The first-order chi connectivity index (χ1) is 11.6. The van der Waals surface area contributed by atoms with Crippen molar-refractivity contribution in [2.24, 2.45) is 7.05 Å². The zero-order valence-corrected chi connectivity index (χ0v) is 14.7. The van der Waals surface area contributed by atoms with Crippen LogP contribution < -0.4 is 0 Å². The van der Waals surface area contributed by atoms with Gasteiger partial charge in [0.05, 0.1) is 16.6 Å². The third-order valence-electron chi connectivity index (χ3n) is 5.28. The van der Waals surface area contributed by atoms with Gasteiger partial charge < -0.3 is 14.0 Å². The van der Waals surface area contributed by atoms with Gasteiger partial charge in [0.2, 0.25) is 0 Å². The molecular weight excluding hydrogens is 298 g/mol. The summed E-state index contributed by atoms with van der Waals surface area (Å²) in [6.07, 6.45) is 3.48. The predicted molar refractivity (Wildman–Crippen MR) is 98.6 cm³/mol. The van der Waals surface area contributed by atoms with E-state index in [1.54, 1.807) is 0 Å². The van der Waals surface area contributed by atoms with Crippen molar-refractivity contribution in [2.75, 3.05) is 13.1 Å². The fourth-order valence-electron chi connectivity index (χ4n) is 4.09. The van der Waals surface area contributed by atoms with E-state index in [1.165, 1.54) is 22.8 Å². The van der Waals surface area contributed by atoms with E-state index in [-0.39, 0.29) is 11.9 Å². The molecule has 1 amide bonds. The lowest BCUT2D eigenvalue weighted by molar-refractivity contribution is 0.0712. The Bertz CT molecular complexity index is 910. The topological polar surface area (TPSA) is 30.2 Å². The molecule has 1 fully saturated rings. The molecule has 1 saturated heterocycles. The number of hydrogen-bond donors (Lipinski definition) is 0. The molecule has 0 aliphatic carbocycles. The summed E-state index contributed by atoms with van der Waals surface area (Å²) in [6.45, 7) is 6.10. The highest BCUT2D eigenvalue weighted by Crippen LogP contribution is 2.33. The summed E-state index contributed by atoms with van der Waals surface area (Å²) in [4.78, 5) is 15.2. The van der Waals surface area contributed by atoms with E-state index in [1.807, 2.05) is 4.90 Å². The minimum atomic E-state index is 0.184. The van der Waals surface area contributed by atoms with Crippen LogP contribution in [-0.4, -0.2) is 33.0 Å². The lowest BCUT2D eigenvalue weighted by Gasteiger charge is -2.27. The first kappa shape index (κ1) is 15.3. The standard InChI is InChI=1S/C20H25N3O/c1-14(2)23-18(20(24)22-11-7-4-8-12-22)13-17-19(23)15-9-5-6-10-16(15)21(17)3/h5-6,9-10,13-14H,4,7-8,11-12H2,1-3H3. The lowest BCUT2D eigenvalue weighted by atomic mass is 10.1. The van der Waals surface area contributed by atoms with Crippen molar-refractivity contribution in [3.63, 3.8) is 0 Å². The van der Waals surface area contributed by atoms with Crippen LogP contribution in [0.25, 0.3) is 21.9 Å². The minimum absolute atomic E-state index is 0.184. The molecule has 0 radical (unpaired) electrons. The Morgan fingerprint density at radius 2 is 1.75 bits per heavy atom. The largest absolute Gasteiger partial charge is 0.342 e. The summed E-state index contributed by atoms with van der Waals surface area (Å²) in [5, 5.41) is 1.22. The summed E-state index contributed by atoms with van der Waals surface area (Å²) in [7, 11) is 2.09. The zero-order valence-electron chi connectivity index (χ0n) is 14.7. The molecule has 0 saturated carbocycles. The third kappa shape index (κ3) is 2.16. The van der Waals surface area contributed by atoms with E-state index in [2.05, 4.69) is 60.4 Å². The van der Waals surface area contributed by atoms with Crippen LogP contribution in [0, 0.1) is 0 Å². The summed E-state index contributed by atoms with van der Waals surface area (Å²) >= 11 is 0. The van der Waals surface area contributed by atoms with Crippen molar-refractivity contribution in [3.8, 4) is 0 Å². The van der Waals surface area contributed by atoms with Gasteiger partial charge in [-0.05, 0) is 45.2 Å². The van der Waals surface area contributed by atoms with Crippen LogP contribution in [0.4, 0.5) is 0 Å². The second-order valence-corrected chi connectivity index (χ2v) is 7.16. The van der Waals surface area contributed by atoms with Crippen molar-refractivity contribution in [3.05, 3.63) is 36.0 Å². The molecule has 3 aromatic rings. The van der Waals surface area contributed by atoms with Crippen LogP contribution in [0.1, 0.15) is 49.6 Å². The van der Waals surface area contributed by atoms with Gasteiger partial charge in [-0.2, -0.15) is 0 Å². The fraction of sp³-hybridized carbons (Fsp3) is 0.450. The Balaban J connectivity index is 1.94. The number of likely N-dealkylation sites (tertiary alicyclic amines) is 1. The number of amides is 1. The van der Waals surface area contributed by atoms with Crippen LogP contribution in [0.2, 0.25) is 0 Å². The van der Waals surface area contributed by atoms with E-state index in [0.29, 0.717) is 0 Å². The molecule has 1 aliphatic heterocycles. The molecule has 0 bridgehead atoms. The quantitative estimate of drug-likeness (QED) is 0.690. The number of carbonyl (C=O) groups excluding carboxylic acids is 1. The molecule has 2 aromatic heterocycles. The maximum absolute atomic E-state index is 13.1. The molecule has 4 nitrogen and oxygen atoms in total. The van der Waals surface area contributed by atoms with Crippen molar-refractivity contribution in [2.45, 2.75) is 39.2 Å². The second-order valence-electron chi connectivity index (χ2n) is 7.16. The maximum atomic E-state index is 13.1. The highest BCUT2D eigenvalue weighted by Gasteiger charge is 2.26. The van der Waals surface area contributed by atoms with Gasteiger partial charge in [-0.15, -0.1) is 0 Å². The Morgan fingerprint density at radius 3 is 2.46 bits per heavy atom. The van der Waals surface area contributed by atoms with Crippen molar-refractivity contribution < 1.29 is 4.79 Å². The molecule has 126 valence electrons. The number of hydrogen-bond acceptors (Lipinski definition) is 1. The molecule has 24 heavy (non-hydrogen) atoms. The monoisotopic (exact) mass is 323 g/mol. The number of piperidine rings is 1. The van der Waals surface area contributed by atoms with Gasteiger partial charge in [-0.25, -0.2) is 0 Å². The molecule has 0 unspecified atom stereocenters. The number of carbonyl (C=O) groups is 1. The summed E-state index contributed by atoms with van der Waals surface area (Å²) in [6, 6.07) is 10.8. The van der Waals surface area contributed by atoms with Crippen LogP contribution >= 0.6 is 0 Å². The second kappa shape index (κ2) is 5.69. The van der Waals surface area contributed by atoms with E-state index in [9.17, 15) is 4.79 Å². The molecule has 0 N–H and O–H groups in total. The van der Waals surface area contributed by atoms with Gasteiger partial charge in [0.15, 0.2) is 0 Å². The summed E-state index contributed by atoms with van der Waals surface area (Å²) < 4.78 is 4.44. The van der Waals surface area contributed by atoms with E-state index >= 15 is 0 Å². The zero-order chi connectivity index (χ0) is 16.8. The molecule has 4 rings (SSSR count). The highest BCUT2D eigenvalue weighted by atomic mass is 16.2. The Kier molecular flexibility index (Phi) is 3.63. The maximum Gasteiger partial charge on any atom is 0.270 e. The fourth-order valence-corrected chi connectivity index (χ4v) is 4.09. The Hall–Kier alpha value is -2.23. The molecule has 1 aromatic carbocycles. The molecule has 0 spiro atoms. The van der Waals surface area contributed by atoms with Gasteiger partial charge in [0, 0.05) is 31.6 Å². The molecular formula is C20H25N3O. The van der Waals surface area contributed by atoms with Crippen molar-refractivity contribution in [1.29, 1.82) is 0 Å². The van der Waals surface area contributed by atoms with E-state index in [4.69, 9.17) is 0 Å². The van der Waals surface area contributed by atoms with Crippen molar-refractivity contribution in [1.82, 2.24) is 14.0 Å². The molecule has 4 heteroatoms. The molecule has 1 aliphatic rings. The third-order valence-corrected chi connectivity index (χ3v) is 5.28. The average Bonchev–Trinajstić information content (AvgIpc) is 3.12. The SMILES string of the molecule is CC(C)n1c(C(=O)N2CCCCC2)cc2c1c1ccccc1n2C. The number of rotatable bonds is 2. The van der Waals surface area contributed by atoms with E-state index in [0.717, 1.165) is 37.1 Å². The molecule has 3 heterocycles. The van der Waals surface area contributed by atoms with Crippen LogP contribution in [0.5, 0.6) is 0 Å². The lowest BCUT2D eigenvalue weighted by Crippen LogP contribution is -2.36. The normalized spacial score (nSPS) is 15.8. The van der Waals surface area contributed by atoms with Gasteiger partial charge >= 0.3 is 0 Å². The van der Waals surface area contributed by atoms with Gasteiger partial charge in [-0.1, -0.05) is 18.2 Å². The summed E-state index contributed by atoms with van der Waals surface area (Å²) in [5.41, 5.74) is 4.38. The first-order valence-electron chi connectivity index (χ1n) is 8.97. The van der Waals surface area contributed by atoms with Gasteiger partial charge in [0.1, 0.15) is 5.69 Å². The Morgan fingerprint density at radius 1 is 1.04 bits per heavy atom.